The van der Waals surface area contributed by atoms with Crippen LogP contribution in [0.5, 0.6) is 0 Å². The lowest BCUT2D eigenvalue weighted by Gasteiger charge is -2.34. The van der Waals surface area contributed by atoms with Crippen molar-refractivity contribution in [1.82, 2.24) is 24.8 Å². The molecular weight excluding hydrogens is 420 g/mol. The highest BCUT2D eigenvalue weighted by molar-refractivity contribution is 6.04. The number of hydrogen-bond donors (Lipinski definition) is 3. The van der Waals surface area contributed by atoms with Gasteiger partial charge in [0.25, 0.3) is 5.91 Å². The van der Waals surface area contributed by atoms with Crippen LogP contribution in [0.2, 0.25) is 0 Å². The number of pyridine rings is 1. The summed E-state index contributed by atoms with van der Waals surface area (Å²) in [7, 11) is 0. The van der Waals surface area contributed by atoms with Crippen molar-refractivity contribution in [2.24, 2.45) is 0 Å². The first-order chi connectivity index (χ1) is 16.1. The Kier molecular flexibility index (Phi) is 7.18. The molecule has 1 aromatic carbocycles. The zero-order valence-corrected chi connectivity index (χ0v) is 18.2. The number of rotatable bonds is 8. The molecule has 3 heterocycles. The highest BCUT2D eigenvalue weighted by atomic mass is 16.3. The molecule has 1 amide bonds. The molecule has 2 aromatic heterocycles. The molecule has 10 heteroatoms. The number of nitrogens with one attached hydrogen (secondary N) is 2. The largest absolute Gasteiger partial charge is 0.395 e. The minimum atomic E-state index is -0.239. The van der Waals surface area contributed by atoms with Gasteiger partial charge in [0.05, 0.1) is 12.2 Å². The molecule has 0 atom stereocenters. The second kappa shape index (κ2) is 10.6. The van der Waals surface area contributed by atoms with E-state index in [2.05, 4.69) is 46.9 Å². The van der Waals surface area contributed by atoms with Gasteiger partial charge in [-0.15, -0.1) is 0 Å². The van der Waals surface area contributed by atoms with Crippen molar-refractivity contribution in [3.05, 3.63) is 66.6 Å². The van der Waals surface area contributed by atoms with Crippen molar-refractivity contribution in [1.29, 1.82) is 0 Å². The van der Waals surface area contributed by atoms with Crippen molar-refractivity contribution in [3.8, 4) is 0 Å². The Labute approximate surface area is 192 Å². The van der Waals surface area contributed by atoms with Gasteiger partial charge in [0.1, 0.15) is 5.82 Å². The van der Waals surface area contributed by atoms with Gasteiger partial charge in [-0.05, 0) is 30.3 Å². The second-order valence-electron chi connectivity index (χ2n) is 7.45. The van der Waals surface area contributed by atoms with E-state index in [4.69, 9.17) is 5.11 Å². The van der Waals surface area contributed by atoms with Crippen LogP contribution < -0.4 is 15.5 Å². The average molecular weight is 447 g/mol. The van der Waals surface area contributed by atoms with Crippen LogP contribution in [0.1, 0.15) is 16.2 Å². The first kappa shape index (κ1) is 22.3. The van der Waals surface area contributed by atoms with Gasteiger partial charge in [-0.25, -0.2) is 4.98 Å². The molecule has 4 rings (SSSR count). The number of nitrogens with zero attached hydrogens (tertiary/aromatic N) is 6. The molecule has 0 radical (unpaired) electrons. The van der Waals surface area contributed by atoms with Crippen molar-refractivity contribution < 1.29 is 9.90 Å². The van der Waals surface area contributed by atoms with E-state index in [9.17, 15) is 4.79 Å². The minimum Gasteiger partial charge on any atom is -0.395 e. The van der Waals surface area contributed by atoms with E-state index < -0.39 is 0 Å². The van der Waals surface area contributed by atoms with E-state index in [1.54, 1.807) is 18.2 Å². The number of benzene rings is 1. The first-order valence-electron chi connectivity index (χ1n) is 10.7. The third-order valence-electron chi connectivity index (χ3n) is 5.19. The summed E-state index contributed by atoms with van der Waals surface area (Å²) in [6, 6.07) is 12.6. The van der Waals surface area contributed by atoms with Crippen LogP contribution in [-0.4, -0.2) is 75.2 Å². The minimum absolute atomic E-state index is 0.153. The van der Waals surface area contributed by atoms with Crippen LogP contribution in [0.25, 0.3) is 6.08 Å². The number of aliphatic hydroxyl groups is 1. The summed E-state index contributed by atoms with van der Waals surface area (Å²) in [6.45, 7) is 7.75. The fourth-order valence-electron chi connectivity index (χ4n) is 3.42. The lowest BCUT2D eigenvalue weighted by atomic mass is 10.2. The number of aliphatic hydroxyl groups excluding tert-OH is 1. The number of hydrogen-bond acceptors (Lipinski definition) is 9. The molecule has 0 unspecified atom stereocenters. The molecular formula is C23H26N8O2. The normalized spacial score (nSPS) is 14.0. The van der Waals surface area contributed by atoms with Crippen molar-refractivity contribution >= 4 is 35.4 Å². The summed E-state index contributed by atoms with van der Waals surface area (Å²) in [5.74, 6) is 1.63. The molecule has 0 spiro atoms. The third-order valence-corrected chi connectivity index (χ3v) is 5.19. The Hall–Kier alpha value is -3.89. The fraction of sp³-hybridized carbons (Fsp3) is 0.261. The predicted octanol–water partition coefficient (Wildman–Crippen LogP) is 2.02. The number of anilines is 4. The highest BCUT2D eigenvalue weighted by Gasteiger charge is 2.20. The van der Waals surface area contributed by atoms with Gasteiger partial charge in [-0.2, -0.15) is 15.0 Å². The molecule has 0 saturated carbocycles. The predicted molar refractivity (Wildman–Crippen MR) is 128 cm³/mol. The molecule has 3 aromatic rings. The Morgan fingerprint density at radius 1 is 1.06 bits per heavy atom. The number of para-hydroxylation sites is 1. The van der Waals surface area contributed by atoms with Crippen LogP contribution in [0.15, 0.2) is 55.2 Å². The van der Waals surface area contributed by atoms with Crippen molar-refractivity contribution in [3.63, 3.8) is 0 Å². The molecule has 0 bridgehead atoms. The van der Waals surface area contributed by atoms with Gasteiger partial charge in [-0.3, -0.25) is 9.69 Å². The Morgan fingerprint density at radius 2 is 1.85 bits per heavy atom. The molecule has 33 heavy (non-hydrogen) atoms. The Balaban J connectivity index is 1.43. The van der Waals surface area contributed by atoms with E-state index in [0.717, 1.165) is 31.9 Å². The van der Waals surface area contributed by atoms with Crippen molar-refractivity contribution in [2.45, 2.75) is 0 Å². The highest BCUT2D eigenvalue weighted by Crippen LogP contribution is 2.17. The number of aromatic nitrogens is 4. The maximum atomic E-state index is 12.4. The van der Waals surface area contributed by atoms with Gasteiger partial charge in [0.15, 0.2) is 5.82 Å². The van der Waals surface area contributed by atoms with Crippen molar-refractivity contribution in [2.75, 3.05) is 54.9 Å². The zero-order valence-electron chi connectivity index (χ0n) is 18.2. The smallest absolute Gasteiger partial charge is 0.257 e. The second-order valence-corrected chi connectivity index (χ2v) is 7.45. The summed E-state index contributed by atoms with van der Waals surface area (Å²) in [5.41, 5.74) is 1.16. The summed E-state index contributed by atoms with van der Waals surface area (Å²) >= 11 is 0. The molecule has 170 valence electrons. The monoisotopic (exact) mass is 446 g/mol. The number of carbonyl (C=O) groups excluding carboxylic acids is 1. The third kappa shape index (κ3) is 5.88. The zero-order chi connectivity index (χ0) is 23.0. The van der Waals surface area contributed by atoms with Crippen LogP contribution in [0, 0.1) is 0 Å². The number of amides is 1. The molecule has 3 N–H and O–H groups in total. The Morgan fingerprint density at radius 3 is 2.52 bits per heavy atom. The van der Waals surface area contributed by atoms with Gasteiger partial charge in [0, 0.05) is 44.6 Å². The molecule has 1 aliphatic heterocycles. The van der Waals surface area contributed by atoms with Crippen LogP contribution in [-0.2, 0) is 0 Å². The summed E-state index contributed by atoms with van der Waals surface area (Å²) in [4.78, 5) is 34.4. The number of carbonyl (C=O) groups is 1. The standard InChI is InChI=1S/C23H26N8O2/c1-2-19-26-22(29-23(28-19)31-12-10-30(11-13-31)14-15-32)27-20-9-8-17(16-24-20)21(33)25-18-6-4-3-5-7-18/h2-9,16,32H,1,10-15H2,(H,25,33)(H,24,26,27,28,29). The van der Waals surface area contributed by atoms with Gasteiger partial charge in [-0.1, -0.05) is 24.8 Å². The first-order valence-corrected chi connectivity index (χ1v) is 10.7. The quantitative estimate of drug-likeness (QED) is 0.477. The molecule has 1 saturated heterocycles. The summed E-state index contributed by atoms with van der Waals surface area (Å²) < 4.78 is 0. The SMILES string of the molecule is C=Cc1nc(Nc2ccc(C(=O)Nc3ccccc3)cn2)nc(N2CCN(CCO)CC2)n1. The van der Waals surface area contributed by atoms with Gasteiger partial charge >= 0.3 is 0 Å². The molecule has 1 fully saturated rings. The van der Waals surface area contributed by atoms with E-state index in [1.165, 1.54) is 6.20 Å². The maximum absolute atomic E-state index is 12.4. The lowest BCUT2D eigenvalue weighted by Crippen LogP contribution is -2.47. The Bertz CT molecular complexity index is 1080. The molecule has 1 aliphatic rings. The van der Waals surface area contributed by atoms with E-state index in [0.29, 0.717) is 35.6 Å². The number of piperazine rings is 1. The lowest BCUT2D eigenvalue weighted by molar-refractivity contribution is 0.102. The fourth-order valence-corrected chi connectivity index (χ4v) is 3.42. The van der Waals surface area contributed by atoms with Gasteiger partial charge < -0.3 is 20.6 Å². The average Bonchev–Trinajstić information content (AvgIpc) is 2.85. The molecule has 0 aliphatic carbocycles. The van der Waals surface area contributed by atoms with Gasteiger partial charge in [0.2, 0.25) is 11.9 Å². The topological polar surface area (TPSA) is 119 Å². The van der Waals surface area contributed by atoms with Crippen LogP contribution in [0.4, 0.5) is 23.4 Å². The summed E-state index contributed by atoms with van der Waals surface area (Å²) in [6.07, 6.45) is 3.07. The van der Waals surface area contributed by atoms with E-state index in [1.807, 2.05) is 30.3 Å². The summed E-state index contributed by atoms with van der Waals surface area (Å²) in [5, 5.41) is 15.0. The van der Waals surface area contributed by atoms with E-state index in [-0.39, 0.29) is 12.5 Å². The van der Waals surface area contributed by atoms with E-state index >= 15 is 0 Å². The maximum Gasteiger partial charge on any atom is 0.257 e. The van der Waals surface area contributed by atoms with Crippen LogP contribution in [0.3, 0.4) is 0 Å². The number of β-amino-alcohol motifs (C(OH)–C–C–N with tert-alkyl or cyclic N) is 1. The molecule has 10 nitrogen and oxygen atoms in total. The van der Waals surface area contributed by atoms with Crippen LogP contribution >= 0.6 is 0 Å².